The molecule has 2 aromatic carbocycles. The average Bonchev–Trinajstić information content (AvgIpc) is 2.99. The summed E-state index contributed by atoms with van der Waals surface area (Å²) >= 11 is 7.59. The van der Waals surface area contributed by atoms with Crippen LogP contribution in [0, 0.1) is 6.92 Å². The van der Waals surface area contributed by atoms with Crippen molar-refractivity contribution in [2.75, 3.05) is 7.05 Å². The largest absolute Gasteiger partial charge is 0.243 e. The van der Waals surface area contributed by atoms with Gasteiger partial charge in [0.15, 0.2) is 0 Å². The number of sulfonamides is 1. The molecule has 24 heavy (non-hydrogen) atoms. The number of nitrogens with zero attached hydrogens (tertiary/aromatic N) is 2. The van der Waals surface area contributed by atoms with E-state index in [1.165, 1.54) is 21.7 Å². The lowest BCUT2D eigenvalue weighted by Crippen LogP contribution is -2.29. The van der Waals surface area contributed by atoms with Crippen molar-refractivity contribution in [3.8, 4) is 0 Å². The van der Waals surface area contributed by atoms with Crippen LogP contribution in [0.1, 0.15) is 23.5 Å². The minimum Gasteiger partial charge on any atom is -0.239 e. The van der Waals surface area contributed by atoms with Crippen LogP contribution in [0.5, 0.6) is 0 Å². The first-order valence-corrected chi connectivity index (χ1v) is 10.0. The van der Waals surface area contributed by atoms with Gasteiger partial charge >= 0.3 is 0 Å². The van der Waals surface area contributed by atoms with Gasteiger partial charge < -0.3 is 0 Å². The Morgan fingerprint density at radius 3 is 2.58 bits per heavy atom. The molecule has 0 saturated carbocycles. The summed E-state index contributed by atoms with van der Waals surface area (Å²) in [6.45, 7) is 3.68. The van der Waals surface area contributed by atoms with Crippen LogP contribution in [0.2, 0.25) is 5.02 Å². The van der Waals surface area contributed by atoms with Crippen molar-refractivity contribution >= 4 is 43.2 Å². The molecule has 0 saturated heterocycles. The van der Waals surface area contributed by atoms with E-state index in [2.05, 4.69) is 4.98 Å². The monoisotopic (exact) mass is 380 g/mol. The molecule has 0 aliphatic rings. The third-order valence-electron chi connectivity index (χ3n) is 4.03. The molecule has 0 fully saturated rings. The molecule has 1 unspecified atom stereocenters. The minimum atomic E-state index is -3.65. The van der Waals surface area contributed by atoms with Gasteiger partial charge in [-0.25, -0.2) is 13.4 Å². The Bertz CT molecular complexity index is 966. The zero-order chi connectivity index (χ0) is 17.5. The average molecular weight is 381 g/mol. The van der Waals surface area contributed by atoms with Crippen molar-refractivity contribution in [1.29, 1.82) is 0 Å². The summed E-state index contributed by atoms with van der Waals surface area (Å²) in [7, 11) is -2.08. The van der Waals surface area contributed by atoms with Gasteiger partial charge in [-0.15, -0.1) is 11.3 Å². The van der Waals surface area contributed by atoms with Gasteiger partial charge in [-0.1, -0.05) is 29.8 Å². The fraction of sp³-hybridized carbons (Fsp3) is 0.235. The summed E-state index contributed by atoms with van der Waals surface area (Å²) in [4.78, 5) is 4.75. The zero-order valence-electron chi connectivity index (χ0n) is 13.5. The quantitative estimate of drug-likeness (QED) is 0.662. The number of hydrogen-bond donors (Lipinski definition) is 0. The molecule has 1 aromatic heterocycles. The Hall–Kier alpha value is -1.47. The summed E-state index contributed by atoms with van der Waals surface area (Å²) in [5.74, 6) is 0. The Labute approximate surface area is 150 Å². The fourth-order valence-electron chi connectivity index (χ4n) is 2.33. The summed E-state index contributed by atoms with van der Waals surface area (Å²) in [5.41, 5.74) is 1.73. The number of hydrogen-bond acceptors (Lipinski definition) is 4. The number of rotatable bonds is 4. The topological polar surface area (TPSA) is 50.3 Å². The third-order valence-corrected chi connectivity index (χ3v) is 7.57. The Balaban J connectivity index is 1.96. The lowest BCUT2D eigenvalue weighted by atomic mass is 10.2. The molecular formula is C17H17ClN2O2S2. The molecule has 0 radical (unpaired) electrons. The lowest BCUT2D eigenvalue weighted by Gasteiger charge is -2.23. The fourth-order valence-corrected chi connectivity index (χ4v) is 5.06. The molecule has 0 spiro atoms. The van der Waals surface area contributed by atoms with E-state index >= 15 is 0 Å². The van der Waals surface area contributed by atoms with Crippen LogP contribution in [0.3, 0.4) is 0 Å². The van der Waals surface area contributed by atoms with Crippen LogP contribution in [0.15, 0.2) is 47.4 Å². The highest BCUT2D eigenvalue weighted by Gasteiger charge is 2.28. The van der Waals surface area contributed by atoms with E-state index < -0.39 is 10.0 Å². The highest BCUT2D eigenvalue weighted by Crippen LogP contribution is 2.32. The first kappa shape index (κ1) is 17.4. The Morgan fingerprint density at radius 2 is 1.92 bits per heavy atom. The van der Waals surface area contributed by atoms with Crippen LogP contribution in [0.25, 0.3) is 10.2 Å². The van der Waals surface area contributed by atoms with Crippen molar-refractivity contribution < 1.29 is 8.42 Å². The van der Waals surface area contributed by atoms with E-state index in [9.17, 15) is 8.42 Å². The van der Waals surface area contributed by atoms with Gasteiger partial charge in [-0.05, 0) is 43.7 Å². The smallest absolute Gasteiger partial charge is 0.239 e. The van der Waals surface area contributed by atoms with Crippen LogP contribution in [-0.2, 0) is 10.0 Å². The Kier molecular flexibility index (Phi) is 4.66. The van der Waals surface area contributed by atoms with Gasteiger partial charge in [0.25, 0.3) is 0 Å². The van der Waals surface area contributed by atoms with Gasteiger partial charge in [-0.3, -0.25) is 0 Å². The van der Waals surface area contributed by atoms with Crippen LogP contribution < -0.4 is 0 Å². The first-order valence-electron chi connectivity index (χ1n) is 7.40. The standard InChI is InChI=1S/C17H17ClN2O2S2/c1-11-8-9-13(10-14(11)18)24(21,22)20(3)12(2)17-19-15-6-4-5-7-16(15)23-17/h4-10,12H,1-3H3. The van der Waals surface area contributed by atoms with Crippen LogP contribution >= 0.6 is 22.9 Å². The molecule has 1 heterocycles. The van der Waals surface area contributed by atoms with Gasteiger partial charge in [0.05, 0.1) is 21.2 Å². The lowest BCUT2D eigenvalue weighted by molar-refractivity contribution is 0.398. The molecular weight excluding hydrogens is 364 g/mol. The van der Waals surface area contributed by atoms with E-state index in [4.69, 9.17) is 11.6 Å². The van der Waals surface area contributed by atoms with Crippen molar-refractivity contribution in [2.45, 2.75) is 24.8 Å². The van der Waals surface area contributed by atoms with Crippen molar-refractivity contribution in [3.63, 3.8) is 0 Å². The number of aryl methyl sites for hydroxylation is 1. The van der Waals surface area contributed by atoms with E-state index in [-0.39, 0.29) is 10.9 Å². The summed E-state index contributed by atoms with van der Waals surface area (Å²) in [5, 5.41) is 1.21. The number of benzene rings is 2. The normalized spacial score (nSPS) is 13.5. The maximum absolute atomic E-state index is 12.9. The summed E-state index contributed by atoms with van der Waals surface area (Å²) < 4.78 is 28.1. The van der Waals surface area contributed by atoms with Crippen LogP contribution in [0.4, 0.5) is 0 Å². The minimum absolute atomic E-state index is 0.188. The highest BCUT2D eigenvalue weighted by atomic mass is 35.5. The number of para-hydroxylation sites is 1. The maximum Gasteiger partial charge on any atom is 0.243 e. The van der Waals surface area contributed by atoms with Gasteiger partial charge in [0.1, 0.15) is 5.01 Å². The maximum atomic E-state index is 12.9. The predicted molar refractivity (Wildman–Crippen MR) is 99.2 cm³/mol. The molecule has 0 aliphatic heterocycles. The molecule has 3 rings (SSSR count). The van der Waals surface area contributed by atoms with Crippen molar-refractivity contribution in [3.05, 3.63) is 58.1 Å². The molecule has 3 aromatic rings. The van der Waals surface area contributed by atoms with E-state index in [0.29, 0.717) is 5.02 Å². The molecule has 0 N–H and O–H groups in total. The molecule has 0 aliphatic carbocycles. The SMILES string of the molecule is Cc1ccc(S(=O)(=O)N(C)C(C)c2nc3ccccc3s2)cc1Cl. The zero-order valence-corrected chi connectivity index (χ0v) is 15.9. The number of thiazole rings is 1. The van der Waals surface area contributed by atoms with E-state index in [0.717, 1.165) is 20.8 Å². The first-order chi connectivity index (χ1) is 11.3. The van der Waals surface area contributed by atoms with Gasteiger partial charge in [-0.2, -0.15) is 4.31 Å². The third kappa shape index (κ3) is 3.07. The summed E-state index contributed by atoms with van der Waals surface area (Å²) in [6.07, 6.45) is 0. The molecule has 1 atom stereocenters. The van der Waals surface area contributed by atoms with E-state index in [1.807, 2.05) is 38.1 Å². The van der Waals surface area contributed by atoms with Crippen molar-refractivity contribution in [2.24, 2.45) is 0 Å². The molecule has 0 amide bonds. The number of halogens is 1. The second-order valence-corrected chi connectivity index (χ2v) is 9.09. The number of fused-ring (bicyclic) bond motifs is 1. The second-order valence-electron chi connectivity index (χ2n) is 5.63. The van der Waals surface area contributed by atoms with Gasteiger partial charge in [0.2, 0.25) is 10.0 Å². The highest BCUT2D eigenvalue weighted by molar-refractivity contribution is 7.89. The molecule has 126 valence electrons. The summed E-state index contributed by atoms with van der Waals surface area (Å²) in [6, 6.07) is 12.2. The van der Waals surface area contributed by atoms with Crippen molar-refractivity contribution in [1.82, 2.24) is 9.29 Å². The predicted octanol–water partition coefficient (Wildman–Crippen LogP) is 4.64. The number of aromatic nitrogens is 1. The molecule has 7 heteroatoms. The van der Waals surface area contributed by atoms with Gasteiger partial charge in [0, 0.05) is 12.1 Å². The Morgan fingerprint density at radius 1 is 1.21 bits per heavy atom. The molecule has 0 bridgehead atoms. The van der Waals surface area contributed by atoms with E-state index in [1.54, 1.807) is 19.2 Å². The molecule has 4 nitrogen and oxygen atoms in total. The second kappa shape index (κ2) is 6.44. The van der Waals surface area contributed by atoms with Crippen LogP contribution in [-0.4, -0.2) is 24.8 Å².